The number of nitrogens with zero attached hydrogens (tertiary/aromatic N) is 2. The molecule has 26 heavy (non-hydrogen) atoms. The normalized spacial score (nSPS) is 10.5. The Morgan fingerprint density at radius 3 is 2.35 bits per heavy atom. The lowest BCUT2D eigenvalue weighted by Gasteiger charge is -2.21. The number of hydrogen-bond donors (Lipinski definition) is 1. The first-order valence-electron chi connectivity index (χ1n) is 8.78. The van der Waals surface area contributed by atoms with Crippen LogP contribution in [0.2, 0.25) is 5.02 Å². The molecule has 2 aromatic rings. The maximum Gasteiger partial charge on any atom is 0.257 e. The van der Waals surface area contributed by atoms with E-state index in [-0.39, 0.29) is 11.8 Å². The van der Waals surface area contributed by atoms with Crippen LogP contribution in [0.25, 0.3) is 0 Å². The number of carbonyl (C=O) groups is 2. The molecule has 0 saturated heterocycles. The van der Waals surface area contributed by atoms with Gasteiger partial charge in [-0.25, -0.2) is 0 Å². The number of halogens is 1. The van der Waals surface area contributed by atoms with Crippen molar-refractivity contribution in [3.8, 4) is 0 Å². The van der Waals surface area contributed by atoms with Gasteiger partial charge in [-0.2, -0.15) is 0 Å². The van der Waals surface area contributed by atoms with Crippen molar-refractivity contribution in [2.75, 3.05) is 18.4 Å². The number of nitrogens with one attached hydrogen (secondary N) is 1. The standard InChI is InChI=1S/C20H24ClN3O2/c1-4-8-24(9-5-2)20(26)16-10-15(12-22-13-16)19(25)23-17-7-6-14(3)18(21)11-17/h6-7,10-13H,4-5,8-9H2,1-3H3,(H,23,25). The van der Waals surface area contributed by atoms with Gasteiger partial charge in [-0.1, -0.05) is 31.5 Å². The van der Waals surface area contributed by atoms with Crippen LogP contribution in [-0.4, -0.2) is 34.8 Å². The molecule has 2 rings (SSSR count). The fraction of sp³-hybridized carbons (Fsp3) is 0.350. The molecule has 0 saturated carbocycles. The molecule has 1 N–H and O–H groups in total. The van der Waals surface area contributed by atoms with Crippen molar-refractivity contribution in [3.05, 3.63) is 58.4 Å². The first-order valence-corrected chi connectivity index (χ1v) is 9.15. The quantitative estimate of drug-likeness (QED) is 0.773. The van der Waals surface area contributed by atoms with Crippen LogP contribution in [0.3, 0.4) is 0 Å². The minimum atomic E-state index is -0.329. The molecule has 1 heterocycles. The summed E-state index contributed by atoms with van der Waals surface area (Å²) in [5.74, 6) is -0.432. The molecule has 2 amide bonds. The topological polar surface area (TPSA) is 62.3 Å². The first-order chi connectivity index (χ1) is 12.5. The van der Waals surface area contributed by atoms with Gasteiger partial charge in [-0.3, -0.25) is 14.6 Å². The van der Waals surface area contributed by atoms with Crippen molar-refractivity contribution in [1.82, 2.24) is 9.88 Å². The van der Waals surface area contributed by atoms with E-state index in [0.717, 1.165) is 18.4 Å². The Balaban J connectivity index is 2.17. The van der Waals surface area contributed by atoms with Gasteiger partial charge in [0.1, 0.15) is 0 Å². The summed E-state index contributed by atoms with van der Waals surface area (Å²) in [5, 5.41) is 3.37. The van der Waals surface area contributed by atoms with Crippen LogP contribution in [0.15, 0.2) is 36.7 Å². The Labute approximate surface area is 159 Å². The van der Waals surface area contributed by atoms with Gasteiger partial charge in [0.05, 0.1) is 11.1 Å². The predicted octanol–water partition coefficient (Wildman–Crippen LogP) is 4.56. The zero-order valence-corrected chi connectivity index (χ0v) is 16.1. The lowest BCUT2D eigenvalue weighted by Crippen LogP contribution is -2.32. The summed E-state index contributed by atoms with van der Waals surface area (Å²) in [6.45, 7) is 7.33. The molecule has 6 heteroatoms. The number of benzene rings is 1. The molecular weight excluding hydrogens is 350 g/mol. The van der Waals surface area contributed by atoms with Crippen LogP contribution in [0.5, 0.6) is 0 Å². The zero-order valence-electron chi connectivity index (χ0n) is 15.4. The van der Waals surface area contributed by atoms with E-state index in [0.29, 0.717) is 34.9 Å². The van der Waals surface area contributed by atoms with Gasteiger partial charge in [0.25, 0.3) is 11.8 Å². The number of hydrogen-bond acceptors (Lipinski definition) is 3. The molecule has 0 spiro atoms. The Bertz CT molecular complexity index is 786. The van der Waals surface area contributed by atoms with Gasteiger partial charge < -0.3 is 10.2 Å². The van der Waals surface area contributed by atoms with Gasteiger partial charge in [-0.05, 0) is 43.5 Å². The Hall–Kier alpha value is -2.40. The summed E-state index contributed by atoms with van der Waals surface area (Å²) in [5.41, 5.74) is 2.29. The SMILES string of the molecule is CCCN(CCC)C(=O)c1cncc(C(=O)Nc2ccc(C)c(Cl)c2)c1. The minimum absolute atomic E-state index is 0.103. The molecule has 0 unspecified atom stereocenters. The second-order valence-corrected chi connectivity index (χ2v) is 6.58. The number of anilines is 1. The number of amides is 2. The average Bonchev–Trinajstić information content (AvgIpc) is 2.64. The van der Waals surface area contributed by atoms with Crippen molar-refractivity contribution in [1.29, 1.82) is 0 Å². The third-order valence-electron chi connectivity index (χ3n) is 3.95. The first kappa shape index (κ1) is 19.9. The van der Waals surface area contributed by atoms with Crippen molar-refractivity contribution in [3.63, 3.8) is 0 Å². The van der Waals surface area contributed by atoms with Gasteiger partial charge in [-0.15, -0.1) is 0 Å². The van der Waals surface area contributed by atoms with E-state index < -0.39 is 0 Å². The average molecular weight is 374 g/mol. The number of aryl methyl sites for hydroxylation is 1. The molecule has 1 aromatic carbocycles. The van der Waals surface area contributed by atoms with E-state index in [9.17, 15) is 9.59 Å². The fourth-order valence-electron chi connectivity index (χ4n) is 2.59. The van der Waals surface area contributed by atoms with Crippen molar-refractivity contribution < 1.29 is 9.59 Å². The highest BCUT2D eigenvalue weighted by Gasteiger charge is 2.17. The highest BCUT2D eigenvalue weighted by molar-refractivity contribution is 6.31. The largest absolute Gasteiger partial charge is 0.339 e. The molecule has 1 aromatic heterocycles. The van der Waals surface area contributed by atoms with Crippen LogP contribution in [-0.2, 0) is 0 Å². The second kappa shape index (κ2) is 9.34. The predicted molar refractivity (Wildman–Crippen MR) is 105 cm³/mol. The smallest absolute Gasteiger partial charge is 0.257 e. The third-order valence-corrected chi connectivity index (χ3v) is 4.36. The summed E-state index contributed by atoms with van der Waals surface area (Å²) in [6.07, 6.45) is 4.72. The molecule has 0 aliphatic rings. The molecular formula is C20H24ClN3O2. The van der Waals surface area contributed by atoms with Crippen LogP contribution in [0, 0.1) is 6.92 Å². The Morgan fingerprint density at radius 1 is 1.08 bits per heavy atom. The van der Waals surface area contributed by atoms with Crippen LogP contribution in [0.1, 0.15) is 53.0 Å². The van der Waals surface area contributed by atoms with E-state index in [1.165, 1.54) is 12.4 Å². The zero-order chi connectivity index (χ0) is 19.1. The molecule has 0 atom stereocenters. The second-order valence-electron chi connectivity index (χ2n) is 6.17. The van der Waals surface area contributed by atoms with Crippen molar-refractivity contribution >= 4 is 29.1 Å². The molecule has 0 radical (unpaired) electrons. The van der Waals surface area contributed by atoms with Crippen LogP contribution < -0.4 is 5.32 Å². The molecule has 0 aliphatic carbocycles. The lowest BCUT2D eigenvalue weighted by atomic mass is 10.1. The van der Waals surface area contributed by atoms with E-state index in [1.807, 2.05) is 26.8 Å². The van der Waals surface area contributed by atoms with Crippen LogP contribution in [0.4, 0.5) is 5.69 Å². The van der Waals surface area contributed by atoms with Gasteiger partial charge >= 0.3 is 0 Å². The molecule has 5 nitrogen and oxygen atoms in total. The molecule has 0 fully saturated rings. The summed E-state index contributed by atoms with van der Waals surface area (Å²) in [6, 6.07) is 6.90. The highest BCUT2D eigenvalue weighted by Crippen LogP contribution is 2.20. The number of rotatable bonds is 7. The number of carbonyl (C=O) groups excluding carboxylic acids is 2. The highest BCUT2D eigenvalue weighted by atomic mass is 35.5. The number of pyridine rings is 1. The van der Waals surface area contributed by atoms with Gasteiger partial charge in [0.2, 0.25) is 0 Å². The number of aromatic nitrogens is 1. The maximum absolute atomic E-state index is 12.7. The van der Waals surface area contributed by atoms with Gasteiger partial charge in [0, 0.05) is 36.2 Å². The maximum atomic E-state index is 12.7. The summed E-state index contributed by atoms with van der Waals surface area (Å²) in [4.78, 5) is 31.0. The summed E-state index contributed by atoms with van der Waals surface area (Å²) >= 11 is 6.09. The monoisotopic (exact) mass is 373 g/mol. The Kier molecular flexibility index (Phi) is 7.16. The van der Waals surface area contributed by atoms with E-state index >= 15 is 0 Å². The lowest BCUT2D eigenvalue weighted by molar-refractivity contribution is 0.0755. The third kappa shape index (κ3) is 5.05. The van der Waals surface area contributed by atoms with E-state index in [1.54, 1.807) is 23.1 Å². The Morgan fingerprint density at radius 2 is 1.73 bits per heavy atom. The van der Waals surface area contributed by atoms with Crippen LogP contribution >= 0.6 is 11.6 Å². The van der Waals surface area contributed by atoms with E-state index in [4.69, 9.17) is 11.6 Å². The fourth-order valence-corrected chi connectivity index (χ4v) is 2.77. The van der Waals surface area contributed by atoms with Crippen molar-refractivity contribution in [2.45, 2.75) is 33.6 Å². The molecule has 0 bridgehead atoms. The molecule has 0 aliphatic heterocycles. The molecule has 138 valence electrons. The van der Waals surface area contributed by atoms with E-state index in [2.05, 4.69) is 10.3 Å². The summed E-state index contributed by atoms with van der Waals surface area (Å²) < 4.78 is 0. The summed E-state index contributed by atoms with van der Waals surface area (Å²) in [7, 11) is 0. The van der Waals surface area contributed by atoms with Gasteiger partial charge in [0.15, 0.2) is 0 Å². The minimum Gasteiger partial charge on any atom is -0.339 e. The van der Waals surface area contributed by atoms with Crippen molar-refractivity contribution in [2.24, 2.45) is 0 Å².